The van der Waals surface area contributed by atoms with E-state index in [0.29, 0.717) is 19.5 Å². The molecule has 0 aromatic carbocycles. The molecule has 1 aliphatic rings. The predicted octanol–water partition coefficient (Wildman–Crippen LogP) is 1.75. The normalized spacial score (nSPS) is 21.7. The Morgan fingerprint density at radius 2 is 2.10 bits per heavy atom. The third-order valence-corrected chi connectivity index (χ3v) is 4.67. The number of rotatable bonds is 4. The molecule has 4 nitrogen and oxygen atoms in total. The van der Waals surface area contributed by atoms with E-state index in [1.165, 1.54) is 0 Å². The highest BCUT2D eigenvalue weighted by molar-refractivity contribution is 7.07. The minimum atomic E-state index is -0.440. The van der Waals surface area contributed by atoms with Crippen LogP contribution in [0, 0.1) is 5.92 Å². The van der Waals surface area contributed by atoms with E-state index in [1.807, 2.05) is 29.0 Å². The van der Waals surface area contributed by atoms with Gasteiger partial charge in [0.2, 0.25) is 5.91 Å². The first-order valence-electron chi connectivity index (χ1n) is 7.08. The van der Waals surface area contributed by atoms with Gasteiger partial charge in [0.15, 0.2) is 0 Å². The van der Waals surface area contributed by atoms with Crippen LogP contribution in [0.5, 0.6) is 0 Å². The number of thiophene rings is 1. The van der Waals surface area contributed by atoms with E-state index in [4.69, 9.17) is 0 Å². The standard InChI is InChI=1S/C16H18N2O2S/c19-15-10-18(16(20)8-13-3-6-21-11-13)9-14(15)7-12-1-4-17-5-2-12/h1-6,11,14-15,19H,7-10H2/t14-,15+/m1/s1. The van der Waals surface area contributed by atoms with E-state index < -0.39 is 6.10 Å². The van der Waals surface area contributed by atoms with Crippen molar-refractivity contribution in [1.82, 2.24) is 9.88 Å². The maximum absolute atomic E-state index is 12.3. The summed E-state index contributed by atoms with van der Waals surface area (Å²) in [5.41, 5.74) is 2.21. The molecule has 1 N–H and O–H groups in total. The maximum Gasteiger partial charge on any atom is 0.227 e. The lowest BCUT2D eigenvalue weighted by Crippen LogP contribution is -2.30. The van der Waals surface area contributed by atoms with Gasteiger partial charge in [0.1, 0.15) is 0 Å². The maximum atomic E-state index is 12.3. The molecule has 1 amide bonds. The van der Waals surface area contributed by atoms with Gasteiger partial charge >= 0.3 is 0 Å². The van der Waals surface area contributed by atoms with Gasteiger partial charge in [0, 0.05) is 31.4 Å². The van der Waals surface area contributed by atoms with E-state index in [1.54, 1.807) is 28.6 Å². The summed E-state index contributed by atoms with van der Waals surface area (Å²) in [6, 6.07) is 5.90. The summed E-state index contributed by atoms with van der Waals surface area (Å²) in [6.45, 7) is 1.07. The smallest absolute Gasteiger partial charge is 0.227 e. The number of pyridine rings is 1. The van der Waals surface area contributed by atoms with Gasteiger partial charge in [-0.25, -0.2) is 0 Å². The van der Waals surface area contributed by atoms with Crippen molar-refractivity contribution in [3.63, 3.8) is 0 Å². The van der Waals surface area contributed by atoms with Gasteiger partial charge < -0.3 is 10.0 Å². The van der Waals surface area contributed by atoms with Crippen molar-refractivity contribution in [1.29, 1.82) is 0 Å². The largest absolute Gasteiger partial charge is 0.391 e. The molecule has 1 saturated heterocycles. The van der Waals surface area contributed by atoms with Gasteiger partial charge in [0.05, 0.1) is 12.5 Å². The molecule has 1 aliphatic heterocycles. The van der Waals surface area contributed by atoms with Crippen molar-refractivity contribution >= 4 is 17.2 Å². The van der Waals surface area contributed by atoms with Crippen molar-refractivity contribution in [2.75, 3.05) is 13.1 Å². The summed E-state index contributed by atoms with van der Waals surface area (Å²) in [7, 11) is 0. The number of aliphatic hydroxyl groups excluding tert-OH is 1. The van der Waals surface area contributed by atoms with E-state index in [9.17, 15) is 9.90 Å². The molecule has 0 unspecified atom stereocenters. The van der Waals surface area contributed by atoms with Gasteiger partial charge in [-0.1, -0.05) is 0 Å². The monoisotopic (exact) mass is 302 g/mol. The van der Waals surface area contributed by atoms with E-state index in [-0.39, 0.29) is 11.8 Å². The molecule has 0 aliphatic carbocycles. The number of aromatic nitrogens is 1. The lowest BCUT2D eigenvalue weighted by atomic mass is 9.97. The number of hydrogen-bond donors (Lipinski definition) is 1. The van der Waals surface area contributed by atoms with Crippen LogP contribution < -0.4 is 0 Å². The average molecular weight is 302 g/mol. The molecule has 21 heavy (non-hydrogen) atoms. The second-order valence-corrected chi connectivity index (χ2v) is 6.27. The summed E-state index contributed by atoms with van der Waals surface area (Å²) in [4.78, 5) is 18.0. The van der Waals surface area contributed by atoms with Crippen LogP contribution in [0.3, 0.4) is 0 Å². The fraction of sp³-hybridized carbons (Fsp3) is 0.375. The zero-order valence-corrected chi connectivity index (χ0v) is 12.5. The third kappa shape index (κ3) is 3.49. The van der Waals surface area contributed by atoms with Crippen LogP contribution in [0.25, 0.3) is 0 Å². The molecule has 0 spiro atoms. The Bertz CT molecular complexity index is 586. The molecular weight excluding hydrogens is 284 g/mol. The minimum absolute atomic E-state index is 0.102. The summed E-state index contributed by atoms with van der Waals surface area (Å²) >= 11 is 1.60. The number of carbonyl (C=O) groups is 1. The summed E-state index contributed by atoms with van der Waals surface area (Å²) in [5.74, 6) is 0.212. The lowest BCUT2D eigenvalue weighted by molar-refractivity contribution is -0.129. The second-order valence-electron chi connectivity index (χ2n) is 5.49. The molecule has 0 bridgehead atoms. The van der Waals surface area contributed by atoms with Gasteiger partial charge in [-0.15, -0.1) is 0 Å². The number of aliphatic hydroxyl groups is 1. The number of β-amino-alcohol motifs (C(OH)–C–C–N with tert-alkyl or cyclic N) is 1. The molecule has 110 valence electrons. The molecular formula is C16H18N2O2S. The Morgan fingerprint density at radius 1 is 1.29 bits per heavy atom. The van der Waals surface area contributed by atoms with Crippen molar-refractivity contribution in [3.05, 3.63) is 52.5 Å². The van der Waals surface area contributed by atoms with Crippen LogP contribution in [0.15, 0.2) is 41.4 Å². The van der Waals surface area contributed by atoms with Crippen molar-refractivity contribution in [2.45, 2.75) is 18.9 Å². The summed E-state index contributed by atoms with van der Waals surface area (Å²) in [5, 5.41) is 14.2. The number of likely N-dealkylation sites (tertiary alicyclic amines) is 1. The van der Waals surface area contributed by atoms with Gasteiger partial charge in [-0.3, -0.25) is 9.78 Å². The van der Waals surface area contributed by atoms with Gasteiger partial charge in [-0.05, 0) is 46.5 Å². The van der Waals surface area contributed by atoms with Crippen molar-refractivity contribution in [2.24, 2.45) is 5.92 Å². The summed E-state index contributed by atoms with van der Waals surface area (Å²) < 4.78 is 0. The molecule has 0 radical (unpaired) electrons. The van der Waals surface area contributed by atoms with Gasteiger partial charge in [-0.2, -0.15) is 11.3 Å². The molecule has 3 rings (SSSR count). The van der Waals surface area contributed by atoms with Crippen molar-refractivity contribution in [3.8, 4) is 0 Å². The SMILES string of the molecule is O=C(Cc1ccsc1)N1C[C@@H](Cc2ccncc2)[C@@H](O)C1. The van der Waals surface area contributed by atoms with Crippen LogP contribution >= 0.6 is 11.3 Å². The van der Waals surface area contributed by atoms with E-state index in [2.05, 4.69) is 4.98 Å². The first-order valence-corrected chi connectivity index (χ1v) is 8.02. The highest BCUT2D eigenvalue weighted by Crippen LogP contribution is 2.22. The average Bonchev–Trinajstić information content (AvgIpc) is 3.11. The zero-order chi connectivity index (χ0) is 14.7. The van der Waals surface area contributed by atoms with Crippen molar-refractivity contribution < 1.29 is 9.90 Å². The number of nitrogens with zero attached hydrogens (tertiary/aromatic N) is 2. The fourth-order valence-corrected chi connectivity index (χ4v) is 3.43. The molecule has 2 aromatic heterocycles. The quantitative estimate of drug-likeness (QED) is 0.936. The predicted molar refractivity (Wildman–Crippen MR) is 82.0 cm³/mol. The first-order chi connectivity index (χ1) is 10.2. The zero-order valence-electron chi connectivity index (χ0n) is 11.7. The Balaban J connectivity index is 1.59. The fourth-order valence-electron chi connectivity index (χ4n) is 2.76. The van der Waals surface area contributed by atoms with Crippen LogP contribution in [0.1, 0.15) is 11.1 Å². The Morgan fingerprint density at radius 3 is 2.81 bits per heavy atom. The molecule has 0 saturated carbocycles. The number of carbonyl (C=O) groups excluding carboxylic acids is 1. The first kappa shape index (κ1) is 14.2. The topological polar surface area (TPSA) is 53.4 Å². The highest BCUT2D eigenvalue weighted by atomic mass is 32.1. The van der Waals surface area contributed by atoms with Crippen LogP contribution in [0.2, 0.25) is 0 Å². The molecule has 3 heterocycles. The summed E-state index contributed by atoms with van der Waals surface area (Å²) in [6.07, 6.45) is 4.29. The van der Waals surface area contributed by atoms with Crippen LogP contribution in [0.4, 0.5) is 0 Å². The van der Waals surface area contributed by atoms with E-state index >= 15 is 0 Å². The number of hydrogen-bond acceptors (Lipinski definition) is 4. The van der Waals surface area contributed by atoms with Crippen LogP contribution in [-0.2, 0) is 17.6 Å². The van der Waals surface area contributed by atoms with Gasteiger partial charge in [0.25, 0.3) is 0 Å². The molecule has 2 aromatic rings. The Hall–Kier alpha value is -1.72. The molecule has 2 atom stereocenters. The van der Waals surface area contributed by atoms with Crippen LogP contribution in [-0.4, -0.2) is 40.1 Å². The molecule has 1 fully saturated rings. The highest BCUT2D eigenvalue weighted by Gasteiger charge is 2.33. The Labute approximate surface area is 128 Å². The minimum Gasteiger partial charge on any atom is -0.391 e. The molecule has 5 heteroatoms. The second kappa shape index (κ2) is 6.37. The Kier molecular flexibility index (Phi) is 4.31. The lowest BCUT2D eigenvalue weighted by Gasteiger charge is -2.15. The third-order valence-electron chi connectivity index (χ3n) is 3.94. The van der Waals surface area contributed by atoms with E-state index in [0.717, 1.165) is 17.5 Å². The number of amides is 1.